The van der Waals surface area contributed by atoms with Gasteiger partial charge in [-0.05, 0) is 19.9 Å². The van der Waals surface area contributed by atoms with E-state index in [2.05, 4.69) is 0 Å². The lowest BCUT2D eigenvalue weighted by molar-refractivity contribution is -0.257. The van der Waals surface area contributed by atoms with Gasteiger partial charge in [0, 0.05) is 5.56 Å². The topological polar surface area (TPSA) is 88.8 Å². The quantitative estimate of drug-likeness (QED) is 0.689. The lowest BCUT2D eigenvalue weighted by Gasteiger charge is -2.16. The molecular weight excluding hydrogens is 247 g/mol. The van der Waals surface area contributed by atoms with E-state index >= 15 is 0 Å². The molecule has 1 heterocycles. The predicted octanol–water partition coefficient (Wildman–Crippen LogP) is 1.41. The van der Waals surface area contributed by atoms with Gasteiger partial charge in [-0.3, -0.25) is 4.57 Å². The zero-order valence-corrected chi connectivity index (χ0v) is 10.6. The highest BCUT2D eigenvalue weighted by Crippen LogP contribution is 2.51. The summed E-state index contributed by atoms with van der Waals surface area (Å²) >= 11 is 0. The van der Waals surface area contributed by atoms with Crippen LogP contribution in [-0.2, 0) is 19.8 Å². The number of hydrogen-bond acceptors (Lipinski definition) is 6. The van der Waals surface area contributed by atoms with Gasteiger partial charge in [0.2, 0.25) is 0 Å². The first-order valence-electron chi connectivity index (χ1n) is 5.18. The third-order valence-electron chi connectivity index (χ3n) is 1.95. The van der Waals surface area contributed by atoms with E-state index in [1.54, 1.807) is 13.8 Å². The Hall–Kier alpha value is -1.10. The maximum Gasteiger partial charge on any atom is 0.335 e. The molecule has 0 unspecified atom stereocenters. The van der Waals surface area contributed by atoms with Crippen molar-refractivity contribution >= 4 is 13.6 Å². The van der Waals surface area contributed by atoms with Gasteiger partial charge in [-0.2, -0.15) is 0 Å². The first-order chi connectivity index (χ1) is 8.02. The molecule has 0 aliphatic rings. The summed E-state index contributed by atoms with van der Waals surface area (Å²) in [6, 6.07) is 1.41. The van der Waals surface area contributed by atoms with Gasteiger partial charge in [-0.15, -0.1) is 0 Å². The zero-order valence-electron chi connectivity index (χ0n) is 9.67. The normalized spacial score (nSPS) is 11.6. The van der Waals surface area contributed by atoms with Gasteiger partial charge < -0.3 is 23.4 Å². The van der Waals surface area contributed by atoms with Crippen LogP contribution in [0.4, 0.5) is 0 Å². The summed E-state index contributed by atoms with van der Waals surface area (Å²) in [7, 11) is -3.33. The molecule has 0 radical (unpaired) electrons. The van der Waals surface area contributed by atoms with E-state index in [0.717, 1.165) is 0 Å². The van der Waals surface area contributed by atoms with Crippen molar-refractivity contribution in [1.29, 1.82) is 0 Å². The molecule has 0 N–H and O–H groups in total. The maximum absolute atomic E-state index is 12.2. The van der Waals surface area contributed by atoms with Crippen molar-refractivity contribution in [3.8, 4) is 0 Å². The molecule has 0 saturated carbocycles. The highest BCUT2D eigenvalue weighted by Gasteiger charge is 2.26. The molecule has 0 fully saturated rings. The molecule has 0 aromatic carbocycles. The van der Waals surface area contributed by atoms with Gasteiger partial charge in [0.1, 0.15) is 5.97 Å². The Balaban J connectivity index is 2.89. The van der Waals surface area contributed by atoms with Crippen molar-refractivity contribution in [2.24, 2.45) is 0 Å². The van der Waals surface area contributed by atoms with Crippen LogP contribution in [0.15, 0.2) is 16.7 Å². The van der Waals surface area contributed by atoms with Crippen molar-refractivity contribution in [2.75, 3.05) is 13.2 Å². The molecule has 0 atom stereocenters. The van der Waals surface area contributed by atoms with E-state index < -0.39 is 13.6 Å². The fraction of sp³-hybridized carbons (Fsp3) is 0.500. The molecule has 1 aromatic rings. The Morgan fingerprint density at radius 2 is 2.00 bits per heavy atom. The van der Waals surface area contributed by atoms with Crippen LogP contribution < -0.4 is 5.11 Å². The Bertz CT molecular complexity index is 414. The Morgan fingerprint density at radius 1 is 1.41 bits per heavy atom. The van der Waals surface area contributed by atoms with E-state index in [-0.39, 0.29) is 30.7 Å². The summed E-state index contributed by atoms with van der Waals surface area (Å²) in [4.78, 5) is 10.7. The van der Waals surface area contributed by atoms with E-state index in [0.29, 0.717) is 0 Å². The number of carboxylic acids is 1. The Kier molecular flexibility index (Phi) is 4.93. The summed E-state index contributed by atoms with van der Waals surface area (Å²) in [6.45, 7) is 3.80. The molecule has 7 heteroatoms. The fourth-order valence-corrected chi connectivity index (χ4v) is 3.08. The lowest BCUT2D eigenvalue weighted by atomic mass is 10.3. The van der Waals surface area contributed by atoms with Crippen LogP contribution in [0.5, 0.6) is 0 Å². The molecule has 96 valence electrons. The smallest absolute Gasteiger partial charge is 0.335 e. The van der Waals surface area contributed by atoms with Gasteiger partial charge in [0.25, 0.3) is 0 Å². The summed E-state index contributed by atoms with van der Waals surface area (Å²) in [5.41, 5.74) is 0.246. The molecule has 0 aliphatic carbocycles. The van der Waals surface area contributed by atoms with Crippen LogP contribution >= 0.6 is 7.60 Å². The van der Waals surface area contributed by atoms with Crippen LogP contribution in [0, 0.1) is 0 Å². The van der Waals surface area contributed by atoms with Crippen molar-refractivity contribution in [3.63, 3.8) is 0 Å². The number of aromatic carboxylic acids is 1. The molecule has 0 saturated heterocycles. The van der Waals surface area contributed by atoms with E-state index in [9.17, 15) is 14.5 Å². The zero-order chi connectivity index (χ0) is 12.9. The van der Waals surface area contributed by atoms with Crippen LogP contribution in [0.2, 0.25) is 0 Å². The Labute approximate surface area is 99.1 Å². The van der Waals surface area contributed by atoms with Crippen molar-refractivity contribution in [3.05, 3.63) is 23.7 Å². The molecule has 1 rings (SSSR count). The predicted molar refractivity (Wildman–Crippen MR) is 57.6 cm³/mol. The van der Waals surface area contributed by atoms with Gasteiger partial charge >= 0.3 is 7.60 Å². The largest absolute Gasteiger partial charge is 0.542 e. The number of hydrogen-bond donors (Lipinski definition) is 0. The number of furan rings is 1. The SMILES string of the molecule is CCOP(=O)(Cc1ccoc1C(=O)[O-])OCC. The minimum absolute atomic E-state index is 0.144. The van der Waals surface area contributed by atoms with Gasteiger partial charge in [-0.1, -0.05) is 0 Å². The van der Waals surface area contributed by atoms with Gasteiger partial charge in [-0.25, -0.2) is 0 Å². The van der Waals surface area contributed by atoms with Crippen LogP contribution in [0.1, 0.15) is 30.0 Å². The summed E-state index contributed by atoms with van der Waals surface area (Å²) < 4.78 is 27.0. The first-order valence-corrected chi connectivity index (χ1v) is 6.91. The van der Waals surface area contributed by atoms with Crippen LogP contribution in [0.3, 0.4) is 0 Å². The van der Waals surface area contributed by atoms with Crippen LogP contribution in [-0.4, -0.2) is 19.2 Å². The Morgan fingerprint density at radius 3 is 2.47 bits per heavy atom. The first kappa shape index (κ1) is 14.0. The maximum atomic E-state index is 12.2. The molecule has 0 bridgehead atoms. The van der Waals surface area contributed by atoms with Crippen LogP contribution in [0.25, 0.3) is 0 Å². The summed E-state index contributed by atoms with van der Waals surface area (Å²) in [5.74, 6) is -1.80. The third-order valence-corrected chi connectivity index (χ3v) is 3.98. The second-order valence-electron chi connectivity index (χ2n) is 3.17. The highest BCUT2D eigenvalue weighted by atomic mass is 31.2. The van der Waals surface area contributed by atoms with Crippen molar-refractivity contribution < 1.29 is 27.9 Å². The molecule has 17 heavy (non-hydrogen) atoms. The fourth-order valence-electron chi connectivity index (χ4n) is 1.37. The monoisotopic (exact) mass is 261 g/mol. The minimum Gasteiger partial charge on any atom is -0.542 e. The average Bonchev–Trinajstić information content (AvgIpc) is 2.66. The number of carboxylic acid groups (broad SMARTS) is 1. The van der Waals surface area contributed by atoms with E-state index in [4.69, 9.17) is 13.5 Å². The average molecular weight is 261 g/mol. The number of carbonyl (C=O) groups excluding carboxylic acids is 1. The minimum atomic E-state index is -3.33. The highest BCUT2D eigenvalue weighted by molar-refractivity contribution is 7.53. The molecule has 1 aromatic heterocycles. The summed E-state index contributed by atoms with van der Waals surface area (Å²) in [6.07, 6.45) is 1.05. The van der Waals surface area contributed by atoms with Gasteiger partial charge in [0.05, 0.1) is 25.6 Å². The van der Waals surface area contributed by atoms with Crippen molar-refractivity contribution in [1.82, 2.24) is 0 Å². The van der Waals surface area contributed by atoms with Crippen molar-refractivity contribution in [2.45, 2.75) is 20.0 Å². The molecule has 0 spiro atoms. The lowest BCUT2D eigenvalue weighted by Crippen LogP contribution is -2.22. The third kappa shape index (κ3) is 3.70. The van der Waals surface area contributed by atoms with E-state index in [1.165, 1.54) is 12.3 Å². The molecule has 0 aliphatic heterocycles. The van der Waals surface area contributed by atoms with E-state index in [1.807, 2.05) is 0 Å². The molecule has 6 nitrogen and oxygen atoms in total. The summed E-state index contributed by atoms with van der Waals surface area (Å²) in [5, 5.41) is 10.7. The number of rotatable bonds is 7. The standard InChI is InChI=1S/C10H15O6P/c1-3-15-17(13,16-4-2)7-8-5-6-14-9(8)10(11)12/h5-6H,3-4,7H2,1-2H3,(H,11,12)/p-1. The molecule has 0 amide bonds. The van der Waals surface area contributed by atoms with Gasteiger partial charge in [0.15, 0.2) is 5.76 Å². The molecular formula is C10H14O6P-. The second-order valence-corrected chi connectivity index (χ2v) is 5.22. The second kappa shape index (κ2) is 6.00. The number of carbonyl (C=O) groups is 1.